The normalized spacial score (nSPS) is 11.1. The van der Waals surface area contributed by atoms with E-state index >= 15 is 0 Å². The Bertz CT molecular complexity index is 598. The quantitative estimate of drug-likeness (QED) is 0.743. The molecule has 0 aliphatic heterocycles. The predicted octanol–water partition coefficient (Wildman–Crippen LogP) is 2.22. The van der Waals surface area contributed by atoms with E-state index in [0.29, 0.717) is 0 Å². The molecule has 3 rings (SSSR count). The highest BCUT2D eigenvalue weighted by Crippen LogP contribution is 2.09. The lowest BCUT2D eigenvalue weighted by Crippen LogP contribution is -2.11. The molecule has 0 atom stereocenters. The third-order valence-electron chi connectivity index (χ3n) is 2.73. The summed E-state index contributed by atoms with van der Waals surface area (Å²) in [6, 6.07) is 8.03. The Labute approximate surface area is 98.9 Å². The third kappa shape index (κ3) is 2.07. The van der Waals surface area contributed by atoms with Crippen molar-refractivity contribution in [1.29, 1.82) is 0 Å². The Morgan fingerprint density at radius 1 is 1.24 bits per heavy atom. The summed E-state index contributed by atoms with van der Waals surface area (Å²) in [6.07, 6.45) is 7.29. The molecule has 86 valence electrons. The summed E-state index contributed by atoms with van der Waals surface area (Å²) in [7, 11) is 0. The van der Waals surface area contributed by atoms with Crippen LogP contribution in [0, 0.1) is 0 Å². The van der Waals surface area contributed by atoms with Gasteiger partial charge in [-0.15, -0.1) is 0 Å². The summed E-state index contributed by atoms with van der Waals surface area (Å²) in [5.74, 6) is 0. The van der Waals surface area contributed by atoms with Crippen molar-refractivity contribution in [3.05, 3.63) is 60.3 Å². The molecular weight excluding hydrogens is 214 g/mol. The van der Waals surface area contributed by atoms with Crippen LogP contribution in [-0.2, 0) is 13.1 Å². The molecule has 0 saturated heterocycles. The van der Waals surface area contributed by atoms with Crippen LogP contribution in [0.4, 0.5) is 0 Å². The van der Waals surface area contributed by atoms with Crippen LogP contribution < -0.4 is 5.32 Å². The second-order valence-corrected chi connectivity index (χ2v) is 3.94. The number of fused-ring (bicyclic) bond motifs is 1. The Balaban J connectivity index is 1.69. The number of pyridine rings is 1. The molecule has 3 heterocycles. The van der Waals surface area contributed by atoms with Gasteiger partial charge in [0.2, 0.25) is 0 Å². The molecule has 3 aromatic heterocycles. The van der Waals surface area contributed by atoms with Gasteiger partial charge in [-0.05, 0) is 18.2 Å². The van der Waals surface area contributed by atoms with E-state index in [2.05, 4.69) is 16.5 Å². The molecule has 17 heavy (non-hydrogen) atoms. The minimum atomic E-state index is 0.804. The average molecular weight is 227 g/mol. The lowest BCUT2D eigenvalue weighted by Gasteiger charge is -2.01. The van der Waals surface area contributed by atoms with Crippen molar-refractivity contribution in [3.63, 3.8) is 0 Å². The minimum absolute atomic E-state index is 0.804. The van der Waals surface area contributed by atoms with Crippen molar-refractivity contribution in [2.45, 2.75) is 13.1 Å². The van der Waals surface area contributed by atoms with Gasteiger partial charge in [-0.25, -0.2) is 4.52 Å². The Morgan fingerprint density at radius 3 is 3.12 bits per heavy atom. The third-order valence-corrected chi connectivity index (χ3v) is 2.73. The Hall–Kier alpha value is -2.07. The van der Waals surface area contributed by atoms with E-state index in [-0.39, 0.29) is 0 Å². The topological polar surface area (TPSA) is 42.5 Å². The van der Waals surface area contributed by atoms with Crippen LogP contribution in [0.15, 0.2) is 53.6 Å². The van der Waals surface area contributed by atoms with Crippen molar-refractivity contribution < 1.29 is 4.42 Å². The van der Waals surface area contributed by atoms with Gasteiger partial charge in [-0.2, -0.15) is 5.10 Å². The molecule has 0 fully saturated rings. The van der Waals surface area contributed by atoms with Gasteiger partial charge >= 0.3 is 0 Å². The number of aromatic nitrogens is 2. The molecular formula is C13H13N3O. The van der Waals surface area contributed by atoms with Gasteiger partial charge in [0.05, 0.1) is 24.2 Å². The van der Waals surface area contributed by atoms with Crippen molar-refractivity contribution >= 4 is 5.52 Å². The molecule has 4 nitrogen and oxygen atoms in total. The van der Waals surface area contributed by atoms with Crippen LogP contribution in [0.1, 0.15) is 11.1 Å². The van der Waals surface area contributed by atoms with Crippen LogP contribution in [0.2, 0.25) is 0 Å². The maximum absolute atomic E-state index is 5.02. The maximum Gasteiger partial charge on any atom is 0.0947 e. The SMILES string of the molecule is c1ccn2ncc(CNCc3ccoc3)c2c1. The van der Waals surface area contributed by atoms with E-state index in [1.807, 2.05) is 35.1 Å². The monoisotopic (exact) mass is 227 g/mol. The smallest absolute Gasteiger partial charge is 0.0947 e. The average Bonchev–Trinajstić information content (AvgIpc) is 2.99. The highest BCUT2D eigenvalue weighted by molar-refractivity contribution is 5.53. The van der Waals surface area contributed by atoms with Gasteiger partial charge in [0.1, 0.15) is 0 Å². The summed E-state index contributed by atoms with van der Waals surface area (Å²) in [5, 5.41) is 7.66. The Kier molecular flexibility index (Phi) is 2.63. The fourth-order valence-corrected chi connectivity index (χ4v) is 1.86. The van der Waals surface area contributed by atoms with Gasteiger partial charge in [0, 0.05) is 30.4 Å². The molecule has 0 radical (unpaired) electrons. The zero-order chi connectivity index (χ0) is 11.5. The molecule has 1 N–H and O–H groups in total. The number of hydrogen-bond donors (Lipinski definition) is 1. The molecule has 0 spiro atoms. The molecule has 0 bridgehead atoms. The van der Waals surface area contributed by atoms with Crippen molar-refractivity contribution in [2.24, 2.45) is 0 Å². The fraction of sp³-hybridized carbons (Fsp3) is 0.154. The first kappa shape index (κ1) is 10.1. The molecule has 0 unspecified atom stereocenters. The van der Waals surface area contributed by atoms with Gasteiger partial charge in [0.15, 0.2) is 0 Å². The predicted molar refractivity (Wildman–Crippen MR) is 64.4 cm³/mol. The van der Waals surface area contributed by atoms with E-state index in [1.165, 1.54) is 5.56 Å². The standard InChI is InChI=1S/C13H13N3O/c1-2-5-16-13(3-1)12(9-15-16)8-14-7-11-4-6-17-10-11/h1-6,9-10,14H,7-8H2. The molecule has 0 amide bonds. The first-order valence-electron chi connectivity index (χ1n) is 5.56. The van der Waals surface area contributed by atoms with E-state index in [1.54, 1.807) is 12.5 Å². The molecule has 0 saturated carbocycles. The minimum Gasteiger partial charge on any atom is -0.472 e. The summed E-state index contributed by atoms with van der Waals surface area (Å²) in [4.78, 5) is 0. The van der Waals surface area contributed by atoms with Crippen molar-refractivity contribution in [2.75, 3.05) is 0 Å². The number of nitrogens with one attached hydrogen (secondary N) is 1. The van der Waals surface area contributed by atoms with Crippen molar-refractivity contribution in [3.8, 4) is 0 Å². The van der Waals surface area contributed by atoms with Gasteiger partial charge < -0.3 is 9.73 Å². The number of furan rings is 1. The van der Waals surface area contributed by atoms with Crippen LogP contribution in [0.3, 0.4) is 0 Å². The van der Waals surface area contributed by atoms with E-state index < -0.39 is 0 Å². The summed E-state index contributed by atoms with van der Waals surface area (Å²) >= 11 is 0. The lowest BCUT2D eigenvalue weighted by molar-refractivity contribution is 0.560. The van der Waals surface area contributed by atoms with Gasteiger partial charge in [-0.1, -0.05) is 6.07 Å². The number of rotatable bonds is 4. The molecule has 0 aliphatic rings. The zero-order valence-electron chi connectivity index (χ0n) is 9.34. The van der Waals surface area contributed by atoms with Crippen LogP contribution in [-0.4, -0.2) is 9.61 Å². The van der Waals surface area contributed by atoms with E-state index in [0.717, 1.165) is 24.2 Å². The number of hydrogen-bond acceptors (Lipinski definition) is 3. The lowest BCUT2D eigenvalue weighted by atomic mass is 10.2. The number of nitrogens with zero attached hydrogens (tertiary/aromatic N) is 2. The highest BCUT2D eigenvalue weighted by Gasteiger charge is 2.02. The first-order chi connectivity index (χ1) is 8.43. The molecule has 0 aromatic carbocycles. The highest BCUT2D eigenvalue weighted by atomic mass is 16.3. The van der Waals surface area contributed by atoms with E-state index in [4.69, 9.17) is 4.42 Å². The maximum atomic E-state index is 5.02. The zero-order valence-corrected chi connectivity index (χ0v) is 9.34. The summed E-state index contributed by atoms with van der Waals surface area (Å²) < 4.78 is 6.90. The Morgan fingerprint density at radius 2 is 2.24 bits per heavy atom. The van der Waals surface area contributed by atoms with Crippen LogP contribution in [0.25, 0.3) is 5.52 Å². The second kappa shape index (κ2) is 4.43. The fourth-order valence-electron chi connectivity index (χ4n) is 1.86. The van der Waals surface area contributed by atoms with Crippen LogP contribution in [0.5, 0.6) is 0 Å². The molecule has 4 heteroatoms. The largest absolute Gasteiger partial charge is 0.472 e. The van der Waals surface area contributed by atoms with Gasteiger partial charge in [-0.3, -0.25) is 0 Å². The summed E-state index contributed by atoms with van der Waals surface area (Å²) in [5.41, 5.74) is 3.50. The second-order valence-electron chi connectivity index (χ2n) is 3.94. The summed E-state index contributed by atoms with van der Waals surface area (Å²) in [6.45, 7) is 1.61. The van der Waals surface area contributed by atoms with Crippen LogP contribution >= 0.6 is 0 Å². The molecule has 0 aliphatic carbocycles. The first-order valence-corrected chi connectivity index (χ1v) is 5.56. The molecule has 3 aromatic rings. The van der Waals surface area contributed by atoms with Crippen molar-refractivity contribution in [1.82, 2.24) is 14.9 Å². The van der Waals surface area contributed by atoms with Gasteiger partial charge in [0.25, 0.3) is 0 Å². The van der Waals surface area contributed by atoms with E-state index in [9.17, 15) is 0 Å².